The summed E-state index contributed by atoms with van der Waals surface area (Å²) < 4.78 is 0. The van der Waals surface area contributed by atoms with E-state index in [4.69, 9.17) is 0 Å². The molecule has 2 heterocycles. The average molecular weight is 277 g/mol. The van der Waals surface area contributed by atoms with Crippen LogP contribution in [-0.4, -0.2) is 41.4 Å². The fraction of sp³-hybridized carbons (Fsp3) is 0.688. The van der Waals surface area contributed by atoms with Gasteiger partial charge in [0.2, 0.25) is 0 Å². The number of aromatic nitrogens is 1. The number of hydrogen-bond acceptors (Lipinski definition) is 4. The molecule has 1 aliphatic heterocycles. The lowest BCUT2D eigenvalue weighted by Gasteiger charge is -2.28. The van der Waals surface area contributed by atoms with Gasteiger partial charge in [0.25, 0.3) is 0 Å². The molecule has 1 fully saturated rings. The van der Waals surface area contributed by atoms with Crippen LogP contribution < -0.4 is 10.2 Å². The molecule has 1 aromatic rings. The minimum absolute atomic E-state index is 0.158. The van der Waals surface area contributed by atoms with Gasteiger partial charge in [-0.2, -0.15) is 0 Å². The summed E-state index contributed by atoms with van der Waals surface area (Å²) in [4.78, 5) is 6.90. The zero-order valence-electron chi connectivity index (χ0n) is 13.1. The first-order valence-corrected chi connectivity index (χ1v) is 7.51. The summed E-state index contributed by atoms with van der Waals surface area (Å²) in [6.45, 7) is 10.6. The molecule has 0 bridgehead atoms. The highest BCUT2D eigenvalue weighted by molar-refractivity contribution is 5.41. The Kier molecular flexibility index (Phi) is 4.66. The molecular weight excluding hydrogens is 250 g/mol. The third kappa shape index (κ3) is 3.70. The Morgan fingerprint density at radius 1 is 1.45 bits per heavy atom. The molecule has 1 atom stereocenters. The van der Waals surface area contributed by atoms with Crippen LogP contribution in [0.1, 0.15) is 45.6 Å². The molecule has 112 valence electrons. The van der Waals surface area contributed by atoms with E-state index in [1.807, 2.05) is 20.0 Å². The molecule has 0 aliphatic carbocycles. The van der Waals surface area contributed by atoms with Crippen LogP contribution >= 0.6 is 0 Å². The Balaban J connectivity index is 1.95. The fourth-order valence-electron chi connectivity index (χ4n) is 2.61. The molecule has 0 spiro atoms. The van der Waals surface area contributed by atoms with E-state index in [0.717, 1.165) is 25.3 Å². The van der Waals surface area contributed by atoms with E-state index in [0.29, 0.717) is 12.0 Å². The van der Waals surface area contributed by atoms with Crippen molar-refractivity contribution in [3.8, 4) is 0 Å². The second kappa shape index (κ2) is 6.10. The van der Waals surface area contributed by atoms with Gasteiger partial charge in [-0.05, 0) is 37.8 Å². The maximum atomic E-state index is 9.33. The summed E-state index contributed by atoms with van der Waals surface area (Å²) in [6, 6.07) is 4.71. The highest BCUT2D eigenvalue weighted by atomic mass is 16.3. The molecule has 1 aliphatic rings. The van der Waals surface area contributed by atoms with Crippen molar-refractivity contribution in [2.45, 2.75) is 51.6 Å². The molecule has 4 nitrogen and oxygen atoms in total. The van der Waals surface area contributed by atoms with Crippen molar-refractivity contribution in [1.29, 1.82) is 0 Å². The van der Waals surface area contributed by atoms with Crippen LogP contribution in [0.15, 0.2) is 18.3 Å². The van der Waals surface area contributed by atoms with Gasteiger partial charge in [0.15, 0.2) is 0 Å². The molecule has 2 N–H and O–H groups in total. The van der Waals surface area contributed by atoms with Gasteiger partial charge in [0.05, 0.1) is 6.61 Å². The van der Waals surface area contributed by atoms with Crippen molar-refractivity contribution in [3.05, 3.63) is 23.9 Å². The first-order chi connectivity index (χ1) is 9.41. The van der Waals surface area contributed by atoms with Crippen LogP contribution in [0.4, 0.5) is 5.82 Å². The quantitative estimate of drug-likeness (QED) is 0.866. The van der Waals surface area contributed by atoms with Crippen molar-refractivity contribution in [3.63, 3.8) is 0 Å². The number of hydrogen-bond donors (Lipinski definition) is 2. The van der Waals surface area contributed by atoms with E-state index in [-0.39, 0.29) is 12.1 Å². The largest absolute Gasteiger partial charge is 0.394 e. The second-order valence-corrected chi connectivity index (χ2v) is 6.72. The lowest BCUT2D eigenvalue weighted by molar-refractivity contribution is 0.178. The number of aliphatic hydroxyl groups is 1. The summed E-state index contributed by atoms with van der Waals surface area (Å²) in [6.07, 6.45) is 3.08. The second-order valence-electron chi connectivity index (χ2n) is 6.72. The molecule has 0 amide bonds. The summed E-state index contributed by atoms with van der Waals surface area (Å²) in [7, 11) is 0. The fourth-order valence-corrected chi connectivity index (χ4v) is 2.61. The Labute approximate surface area is 122 Å². The van der Waals surface area contributed by atoms with Gasteiger partial charge in [-0.1, -0.05) is 19.9 Å². The van der Waals surface area contributed by atoms with E-state index >= 15 is 0 Å². The van der Waals surface area contributed by atoms with Gasteiger partial charge in [-0.15, -0.1) is 0 Å². The number of aliphatic hydroxyl groups excluding tert-OH is 1. The van der Waals surface area contributed by atoms with Gasteiger partial charge >= 0.3 is 0 Å². The zero-order valence-corrected chi connectivity index (χ0v) is 13.1. The van der Waals surface area contributed by atoms with Crippen LogP contribution in [0.3, 0.4) is 0 Å². The minimum atomic E-state index is -0.213. The Hall–Kier alpha value is -1.13. The maximum absolute atomic E-state index is 9.33. The molecule has 1 unspecified atom stereocenters. The van der Waals surface area contributed by atoms with Gasteiger partial charge in [0.1, 0.15) is 5.82 Å². The van der Waals surface area contributed by atoms with Crippen LogP contribution in [0.25, 0.3) is 0 Å². The first-order valence-electron chi connectivity index (χ1n) is 7.51. The number of anilines is 1. The predicted octanol–water partition coefficient (Wildman–Crippen LogP) is 2.14. The highest BCUT2D eigenvalue weighted by Crippen LogP contribution is 2.21. The van der Waals surface area contributed by atoms with Crippen LogP contribution in [-0.2, 0) is 0 Å². The number of rotatable bonds is 5. The SMILES string of the molecule is CC(C)c1ccc(N2CCC(NC(C)(C)CO)C2)nc1. The summed E-state index contributed by atoms with van der Waals surface area (Å²) >= 11 is 0. The molecule has 0 aromatic carbocycles. The molecule has 4 heteroatoms. The third-order valence-corrected chi connectivity index (χ3v) is 3.94. The molecule has 2 rings (SSSR count). The van der Waals surface area contributed by atoms with Crippen molar-refractivity contribution < 1.29 is 5.11 Å². The normalized spacial score (nSPS) is 19.9. The minimum Gasteiger partial charge on any atom is -0.394 e. The summed E-state index contributed by atoms with van der Waals surface area (Å²) in [5.41, 5.74) is 1.07. The predicted molar refractivity (Wildman–Crippen MR) is 83.2 cm³/mol. The smallest absolute Gasteiger partial charge is 0.128 e. The molecule has 20 heavy (non-hydrogen) atoms. The highest BCUT2D eigenvalue weighted by Gasteiger charge is 2.28. The van der Waals surface area contributed by atoms with Crippen LogP contribution in [0.5, 0.6) is 0 Å². The lowest BCUT2D eigenvalue weighted by Crippen LogP contribution is -2.49. The van der Waals surface area contributed by atoms with Crippen molar-refractivity contribution >= 4 is 5.82 Å². The Morgan fingerprint density at radius 3 is 2.75 bits per heavy atom. The van der Waals surface area contributed by atoms with E-state index in [1.165, 1.54) is 5.56 Å². The monoisotopic (exact) mass is 277 g/mol. The van der Waals surface area contributed by atoms with Gasteiger partial charge in [0, 0.05) is 30.9 Å². The van der Waals surface area contributed by atoms with E-state index < -0.39 is 0 Å². The van der Waals surface area contributed by atoms with Gasteiger partial charge < -0.3 is 15.3 Å². The van der Waals surface area contributed by atoms with Gasteiger partial charge in [-0.3, -0.25) is 0 Å². The Bertz CT molecular complexity index is 428. The van der Waals surface area contributed by atoms with Crippen LogP contribution in [0.2, 0.25) is 0 Å². The first kappa shape index (κ1) is 15.3. The van der Waals surface area contributed by atoms with Crippen molar-refractivity contribution in [2.24, 2.45) is 0 Å². The average Bonchev–Trinajstić information content (AvgIpc) is 2.86. The summed E-state index contributed by atoms with van der Waals surface area (Å²) in [5, 5.41) is 12.8. The maximum Gasteiger partial charge on any atom is 0.128 e. The van der Waals surface area contributed by atoms with E-state index in [1.54, 1.807) is 0 Å². The van der Waals surface area contributed by atoms with Crippen LogP contribution in [0, 0.1) is 0 Å². The number of pyridine rings is 1. The summed E-state index contributed by atoms with van der Waals surface area (Å²) in [5.74, 6) is 1.58. The number of nitrogens with one attached hydrogen (secondary N) is 1. The third-order valence-electron chi connectivity index (χ3n) is 3.94. The molecule has 0 radical (unpaired) electrons. The van der Waals surface area contributed by atoms with Crippen molar-refractivity contribution in [1.82, 2.24) is 10.3 Å². The molecule has 1 aromatic heterocycles. The molecule has 0 saturated carbocycles. The van der Waals surface area contributed by atoms with Crippen molar-refractivity contribution in [2.75, 3.05) is 24.6 Å². The zero-order chi connectivity index (χ0) is 14.8. The van der Waals surface area contributed by atoms with E-state index in [9.17, 15) is 5.11 Å². The van der Waals surface area contributed by atoms with Gasteiger partial charge in [-0.25, -0.2) is 4.98 Å². The number of nitrogens with zero attached hydrogens (tertiary/aromatic N) is 2. The van der Waals surface area contributed by atoms with E-state index in [2.05, 4.69) is 41.2 Å². The molecular formula is C16H27N3O. The standard InChI is InChI=1S/C16H27N3O/c1-12(2)13-5-6-15(17-9-13)19-8-7-14(10-19)18-16(3,4)11-20/h5-6,9,12,14,18,20H,7-8,10-11H2,1-4H3. The Morgan fingerprint density at radius 2 is 2.20 bits per heavy atom. The molecule has 1 saturated heterocycles. The topological polar surface area (TPSA) is 48.4 Å². The lowest BCUT2D eigenvalue weighted by atomic mass is 10.1.